The summed E-state index contributed by atoms with van der Waals surface area (Å²) in [7, 11) is 0. The van der Waals surface area contributed by atoms with Crippen LogP contribution in [0.5, 0.6) is 5.75 Å². The highest BCUT2D eigenvalue weighted by molar-refractivity contribution is 9.10. The van der Waals surface area contributed by atoms with Crippen molar-refractivity contribution in [1.82, 2.24) is 15.5 Å². The van der Waals surface area contributed by atoms with E-state index < -0.39 is 0 Å². The Morgan fingerprint density at radius 3 is 2.80 bits per heavy atom. The van der Waals surface area contributed by atoms with Crippen LogP contribution < -0.4 is 10.1 Å². The Balaban J connectivity index is 2.09. The lowest BCUT2D eigenvalue weighted by atomic mass is 10.1. The number of benzene rings is 1. The van der Waals surface area contributed by atoms with Gasteiger partial charge in [-0.15, -0.1) is 0 Å². The summed E-state index contributed by atoms with van der Waals surface area (Å²) in [4.78, 5) is 3.94. The van der Waals surface area contributed by atoms with Gasteiger partial charge in [0.2, 0.25) is 12.2 Å². The van der Waals surface area contributed by atoms with Crippen molar-refractivity contribution in [2.24, 2.45) is 0 Å². The van der Waals surface area contributed by atoms with E-state index in [-0.39, 0.29) is 12.1 Å². The average Bonchev–Trinajstić information content (AvgIpc) is 2.87. The van der Waals surface area contributed by atoms with E-state index in [2.05, 4.69) is 52.2 Å². The van der Waals surface area contributed by atoms with Crippen molar-refractivity contribution in [1.29, 1.82) is 0 Å². The number of halogens is 1. The summed E-state index contributed by atoms with van der Waals surface area (Å²) >= 11 is 3.51. The Kier molecular flexibility index (Phi) is 4.77. The van der Waals surface area contributed by atoms with Gasteiger partial charge in [0, 0.05) is 17.6 Å². The Morgan fingerprint density at radius 1 is 1.35 bits per heavy atom. The van der Waals surface area contributed by atoms with Gasteiger partial charge in [0.25, 0.3) is 0 Å². The predicted octanol–water partition coefficient (Wildman–Crippen LogP) is 3.30. The molecule has 0 aliphatic rings. The van der Waals surface area contributed by atoms with Crippen molar-refractivity contribution in [2.45, 2.75) is 39.5 Å². The Labute approximate surface area is 126 Å². The van der Waals surface area contributed by atoms with E-state index >= 15 is 0 Å². The molecule has 0 spiro atoms. The van der Waals surface area contributed by atoms with E-state index in [1.54, 1.807) is 0 Å². The van der Waals surface area contributed by atoms with Crippen LogP contribution in [0.15, 0.2) is 33.6 Å². The van der Waals surface area contributed by atoms with Crippen LogP contribution in [0, 0.1) is 0 Å². The highest BCUT2D eigenvalue weighted by Crippen LogP contribution is 2.30. The minimum Gasteiger partial charge on any atom is -0.484 e. The molecular formula is C14H18BrN3O2. The van der Waals surface area contributed by atoms with Gasteiger partial charge in [0.15, 0.2) is 6.61 Å². The fourth-order valence-electron chi connectivity index (χ4n) is 1.61. The molecular weight excluding hydrogens is 322 g/mol. The molecule has 108 valence electrons. The molecule has 0 fully saturated rings. The van der Waals surface area contributed by atoms with Crippen molar-refractivity contribution in [3.8, 4) is 5.75 Å². The molecule has 2 rings (SSSR count). The second-order valence-electron chi connectivity index (χ2n) is 5.47. The molecule has 0 saturated heterocycles. The molecule has 5 nitrogen and oxygen atoms in total. The molecule has 1 aromatic carbocycles. The lowest BCUT2D eigenvalue weighted by molar-refractivity contribution is 0.280. The van der Waals surface area contributed by atoms with Gasteiger partial charge in [0.05, 0.1) is 4.47 Å². The highest BCUT2D eigenvalue weighted by Gasteiger charge is 2.13. The van der Waals surface area contributed by atoms with Crippen molar-refractivity contribution < 1.29 is 9.26 Å². The Bertz CT molecular complexity index is 550. The molecule has 0 aliphatic heterocycles. The van der Waals surface area contributed by atoms with Crippen molar-refractivity contribution >= 4 is 15.9 Å². The van der Waals surface area contributed by atoms with Crippen LogP contribution in [0.3, 0.4) is 0 Å². The van der Waals surface area contributed by atoms with E-state index in [0.29, 0.717) is 5.82 Å². The smallest absolute Gasteiger partial charge is 0.213 e. The van der Waals surface area contributed by atoms with E-state index in [1.807, 2.05) is 18.2 Å². The zero-order valence-corrected chi connectivity index (χ0v) is 13.4. The van der Waals surface area contributed by atoms with Gasteiger partial charge in [0.1, 0.15) is 5.75 Å². The Morgan fingerprint density at radius 2 is 2.15 bits per heavy atom. The third kappa shape index (κ3) is 4.31. The van der Waals surface area contributed by atoms with Crippen LogP contribution in [-0.2, 0) is 13.2 Å². The maximum atomic E-state index is 5.81. The number of rotatable bonds is 5. The number of hydrogen-bond acceptors (Lipinski definition) is 5. The number of nitrogens with one attached hydrogen (secondary N) is 1. The number of nitrogens with zero attached hydrogens (tertiary/aromatic N) is 2. The molecule has 1 heterocycles. The minimum absolute atomic E-state index is 0.0489. The monoisotopic (exact) mass is 339 g/mol. The van der Waals surface area contributed by atoms with Crippen molar-refractivity contribution in [2.75, 3.05) is 0 Å². The quantitative estimate of drug-likeness (QED) is 0.905. The molecule has 0 aliphatic carbocycles. The molecule has 2 aromatic rings. The molecule has 1 N–H and O–H groups in total. The largest absolute Gasteiger partial charge is 0.484 e. The van der Waals surface area contributed by atoms with E-state index in [9.17, 15) is 0 Å². The van der Waals surface area contributed by atoms with Crippen LogP contribution >= 0.6 is 15.9 Å². The molecule has 0 amide bonds. The summed E-state index contributed by atoms with van der Waals surface area (Å²) in [5, 5.41) is 7.18. The summed E-state index contributed by atoms with van der Waals surface area (Å²) in [5.74, 6) is 1.32. The lowest BCUT2D eigenvalue weighted by Crippen LogP contribution is -2.35. The first kappa shape index (κ1) is 15.0. The second-order valence-corrected chi connectivity index (χ2v) is 6.32. The number of para-hydroxylation sites is 1. The third-order valence-electron chi connectivity index (χ3n) is 2.61. The predicted molar refractivity (Wildman–Crippen MR) is 79.4 cm³/mol. The van der Waals surface area contributed by atoms with Gasteiger partial charge in [-0.05, 0) is 42.8 Å². The molecule has 0 saturated carbocycles. The van der Waals surface area contributed by atoms with Crippen LogP contribution in [0.4, 0.5) is 0 Å². The normalized spacial score (nSPS) is 11.6. The van der Waals surface area contributed by atoms with Crippen molar-refractivity contribution in [3.63, 3.8) is 0 Å². The topological polar surface area (TPSA) is 60.2 Å². The van der Waals surface area contributed by atoms with Gasteiger partial charge in [-0.2, -0.15) is 4.98 Å². The zero-order valence-electron chi connectivity index (χ0n) is 11.8. The maximum absolute atomic E-state index is 5.81. The number of aromatic nitrogens is 2. The lowest BCUT2D eigenvalue weighted by Gasteiger charge is -2.22. The van der Waals surface area contributed by atoms with E-state index in [0.717, 1.165) is 22.3 Å². The fourth-order valence-corrected chi connectivity index (χ4v) is 2.13. The van der Waals surface area contributed by atoms with Crippen LogP contribution in [0.1, 0.15) is 32.2 Å². The number of ether oxygens (including phenoxy) is 1. The summed E-state index contributed by atoms with van der Waals surface area (Å²) < 4.78 is 11.4. The first-order valence-corrected chi connectivity index (χ1v) is 7.15. The van der Waals surface area contributed by atoms with Gasteiger partial charge in [-0.25, -0.2) is 0 Å². The van der Waals surface area contributed by atoms with Crippen LogP contribution in [0.25, 0.3) is 0 Å². The van der Waals surface area contributed by atoms with Crippen LogP contribution in [-0.4, -0.2) is 15.7 Å². The van der Waals surface area contributed by atoms with Gasteiger partial charge in [-0.1, -0.05) is 17.3 Å². The summed E-state index contributed by atoms with van der Waals surface area (Å²) in [5.41, 5.74) is 1.13. The summed E-state index contributed by atoms with van der Waals surface area (Å²) in [6.45, 7) is 7.40. The molecule has 0 unspecified atom stereocenters. The van der Waals surface area contributed by atoms with E-state index in [4.69, 9.17) is 9.26 Å². The van der Waals surface area contributed by atoms with Crippen molar-refractivity contribution in [3.05, 3.63) is 40.5 Å². The van der Waals surface area contributed by atoms with E-state index in [1.165, 1.54) is 6.39 Å². The maximum Gasteiger partial charge on any atom is 0.213 e. The van der Waals surface area contributed by atoms with Gasteiger partial charge in [-0.3, -0.25) is 0 Å². The summed E-state index contributed by atoms with van der Waals surface area (Å²) in [6.07, 6.45) is 1.29. The molecule has 20 heavy (non-hydrogen) atoms. The zero-order chi connectivity index (χ0) is 14.6. The third-order valence-corrected chi connectivity index (χ3v) is 3.23. The van der Waals surface area contributed by atoms with Gasteiger partial charge >= 0.3 is 0 Å². The Hall–Kier alpha value is -1.40. The second kappa shape index (κ2) is 6.37. The fraction of sp³-hybridized carbons (Fsp3) is 0.429. The molecule has 1 aromatic heterocycles. The van der Waals surface area contributed by atoms with Crippen LogP contribution in [0.2, 0.25) is 0 Å². The van der Waals surface area contributed by atoms with Gasteiger partial charge < -0.3 is 14.6 Å². The summed E-state index contributed by atoms with van der Waals surface area (Å²) in [6, 6.07) is 5.98. The molecule has 0 radical (unpaired) electrons. The highest BCUT2D eigenvalue weighted by atomic mass is 79.9. The minimum atomic E-state index is 0.0489. The standard InChI is InChI=1S/C14H18BrN3O2/c1-14(2,3)17-7-10-5-4-6-11(15)13(10)19-8-12-16-9-20-18-12/h4-6,9,17H,7-8H2,1-3H3. The number of hydrogen-bond donors (Lipinski definition) is 1. The first-order valence-electron chi connectivity index (χ1n) is 6.36. The average molecular weight is 340 g/mol. The first-order chi connectivity index (χ1) is 9.46. The molecule has 0 bridgehead atoms. The molecule has 6 heteroatoms. The SMILES string of the molecule is CC(C)(C)NCc1cccc(Br)c1OCc1ncon1. The molecule has 0 atom stereocenters.